The number of hydrogen-bond acceptors (Lipinski definition) is 5. The average molecular weight is 430 g/mol. The third-order valence-corrected chi connectivity index (χ3v) is 5.77. The molecule has 2 N–H and O–H groups in total. The predicted octanol–water partition coefficient (Wildman–Crippen LogP) is 4.80. The molecule has 0 saturated carbocycles. The Labute approximate surface area is 190 Å². The molecule has 6 nitrogen and oxygen atoms in total. The van der Waals surface area contributed by atoms with Gasteiger partial charge in [0.15, 0.2) is 5.82 Å². The van der Waals surface area contributed by atoms with Gasteiger partial charge in [0.2, 0.25) is 0 Å². The number of anilines is 2. The maximum absolute atomic E-state index is 12.6. The monoisotopic (exact) mass is 429 g/mol. The molecule has 0 aliphatic carbocycles. The summed E-state index contributed by atoms with van der Waals surface area (Å²) >= 11 is 0. The summed E-state index contributed by atoms with van der Waals surface area (Å²) in [6.45, 7) is 5.91. The Morgan fingerprint density at radius 3 is 2.56 bits per heavy atom. The molecule has 1 amide bonds. The van der Waals surface area contributed by atoms with Crippen LogP contribution in [0.4, 0.5) is 11.5 Å². The van der Waals surface area contributed by atoms with Crippen LogP contribution in [-0.4, -0.2) is 47.0 Å². The SMILES string of the molecule is Cc1ccc(-c2nccc(Nc3cccc(C(=O)NCCN4CCCCCC4)c3)n2)cc1. The highest BCUT2D eigenvalue weighted by Gasteiger charge is 2.11. The minimum atomic E-state index is -0.0495. The van der Waals surface area contributed by atoms with Gasteiger partial charge < -0.3 is 15.5 Å². The van der Waals surface area contributed by atoms with Crippen molar-refractivity contribution in [3.8, 4) is 11.4 Å². The fraction of sp³-hybridized carbons (Fsp3) is 0.346. The highest BCUT2D eigenvalue weighted by Crippen LogP contribution is 2.20. The van der Waals surface area contributed by atoms with Crippen molar-refractivity contribution >= 4 is 17.4 Å². The van der Waals surface area contributed by atoms with Crippen molar-refractivity contribution < 1.29 is 4.79 Å². The molecule has 6 heteroatoms. The van der Waals surface area contributed by atoms with E-state index in [1.165, 1.54) is 31.2 Å². The maximum Gasteiger partial charge on any atom is 0.251 e. The van der Waals surface area contributed by atoms with Gasteiger partial charge in [-0.2, -0.15) is 0 Å². The van der Waals surface area contributed by atoms with Crippen molar-refractivity contribution in [3.63, 3.8) is 0 Å². The van der Waals surface area contributed by atoms with Crippen molar-refractivity contribution in [3.05, 3.63) is 71.9 Å². The van der Waals surface area contributed by atoms with Crippen LogP contribution in [-0.2, 0) is 0 Å². The lowest BCUT2D eigenvalue weighted by Gasteiger charge is -2.19. The Balaban J connectivity index is 1.36. The van der Waals surface area contributed by atoms with E-state index in [0.29, 0.717) is 23.8 Å². The van der Waals surface area contributed by atoms with E-state index in [0.717, 1.165) is 30.9 Å². The number of hydrogen-bond donors (Lipinski definition) is 2. The van der Waals surface area contributed by atoms with Crippen LogP contribution in [0.3, 0.4) is 0 Å². The first-order chi connectivity index (χ1) is 15.7. The molecule has 0 unspecified atom stereocenters. The topological polar surface area (TPSA) is 70.2 Å². The van der Waals surface area contributed by atoms with Crippen molar-refractivity contribution in [2.75, 3.05) is 31.5 Å². The number of benzene rings is 2. The number of aryl methyl sites for hydroxylation is 1. The first-order valence-electron chi connectivity index (χ1n) is 11.5. The summed E-state index contributed by atoms with van der Waals surface area (Å²) in [7, 11) is 0. The van der Waals surface area contributed by atoms with Gasteiger partial charge in [-0.25, -0.2) is 9.97 Å². The smallest absolute Gasteiger partial charge is 0.251 e. The third kappa shape index (κ3) is 6.14. The van der Waals surface area contributed by atoms with E-state index >= 15 is 0 Å². The minimum absolute atomic E-state index is 0.0495. The number of carbonyl (C=O) groups excluding carboxylic acids is 1. The Morgan fingerprint density at radius 1 is 1.00 bits per heavy atom. The number of likely N-dealkylation sites (tertiary alicyclic amines) is 1. The minimum Gasteiger partial charge on any atom is -0.351 e. The van der Waals surface area contributed by atoms with Crippen molar-refractivity contribution in [1.82, 2.24) is 20.2 Å². The summed E-state index contributed by atoms with van der Waals surface area (Å²) < 4.78 is 0. The van der Waals surface area contributed by atoms with Crippen LogP contribution in [0.1, 0.15) is 41.6 Å². The molecular weight excluding hydrogens is 398 g/mol. The Morgan fingerprint density at radius 2 is 1.78 bits per heavy atom. The van der Waals surface area contributed by atoms with Crippen LogP contribution in [0.15, 0.2) is 60.8 Å². The van der Waals surface area contributed by atoms with Crippen LogP contribution in [0.5, 0.6) is 0 Å². The molecule has 0 radical (unpaired) electrons. The number of amides is 1. The zero-order chi connectivity index (χ0) is 22.2. The summed E-state index contributed by atoms with van der Waals surface area (Å²) in [5.41, 5.74) is 3.62. The van der Waals surface area contributed by atoms with E-state index in [2.05, 4.69) is 32.4 Å². The van der Waals surface area contributed by atoms with Crippen LogP contribution < -0.4 is 10.6 Å². The van der Waals surface area contributed by atoms with E-state index in [9.17, 15) is 4.79 Å². The fourth-order valence-electron chi connectivity index (χ4n) is 3.95. The van der Waals surface area contributed by atoms with E-state index in [4.69, 9.17) is 0 Å². The second-order valence-corrected chi connectivity index (χ2v) is 8.35. The summed E-state index contributed by atoms with van der Waals surface area (Å²) in [4.78, 5) is 24.1. The zero-order valence-corrected chi connectivity index (χ0v) is 18.7. The van der Waals surface area contributed by atoms with E-state index in [-0.39, 0.29) is 5.91 Å². The molecule has 0 atom stereocenters. The van der Waals surface area contributed by atoms with Crippen LogP contribution in [0.25, 0.3) is 11.4 Å². The van der Waals surface area contributed by atoms with Gasteiger partial charge >= 0.3 is 0 Å². The third-order valence-electron chi connectivity index (χ3n) is 5.77. The summed E-state index contributed by atoms with van der Waals surface area (Å²) in [5, 5.41) is 6.35. The lowest BCUT2D eigenvalue weighted by molar-refractivity contribution is 0.0948. The summed E-state index contributed by atoms with van der Waals surface area (Å²) in [5.74, 6) is 1.30. The molecule has 1 aliphatic rings. The molecule has 3 aromatic rings. The largest absolute Gasteiger partial charge is 0.351 e. The first kappa shape index (κ1) is 22.0. The molecular formula is C26H31N5O. The lowest BCUT2D eigenvalue weighted by atomic mass is 10.1. The van der Waals surface area contributed by atoms with Gasteiger partial charge in [0.25, 0.3) is 5.91 Å². The standard InChI is InChI=1S/C26H31N5O/c1-20-9-11-21(12-10-20)25-27-14-13-24(30-25)29-23-8-6-7-22(19-23)26(32)28-15-18-31-16-4-2-3-5-17-31/h6-14,19H,2-5,15-18H2,1H3,(H,28,32)(H,27,29,30). The molecule has 2 heterocycles. The molecule has 0 spiro atoms. The van der Waals surface area contributed by atoms with E-state index < -0.39 is 0 Å². The molecule has 1 aromatic heterocycles. The average Bonchev–Trinajstić information content (AvgIpc) is 3.09. The highest BCUT2D eigenvalue weighted by molar-refractivity contribution is 5.95. The Bertz CT molecular complexity index is 1030. The number of rotatable bonds is 7. The summed E-state index contributed by atoms with van der Waals surface area (Å²) in [6, 6.07) is 17.5. The number of nitrogens with zero attached hydrogens (tertiary/aromatic N) is 3. The number of carbonyl (C=O) groups is 1. The van der Waals surface area contributed by atoms with Crippen LogP contribution in [0, 0.1) is 6.92 Å². The molecule has 1 aliphatic heterocycles. The van der Waals surface area contributed by atoms with Gasteiger partial charge in [0, 0.05) is 36.1 Å². The van der Waals surface area contributed by atoms with Crippen LogP contribution in [0.2, 0.25) is 0 Å². The normalized spacial score (nSPS) is 14.5. The van der Waals surface area contributed by atoms with Gasteiger partial charge in [-0.05, 0) is 57.1 Å². The van der Waals surface area contributed by atoms with Gasteiger partial charge in [-0.1, -0.05) is 48.7 Å². The predicted molar refractivity (Wildman–Crippen MR) is 129 cm³/mol. The van der Waals surface area contributed by atoms with E-state index in [1.54, 1.807) is 6.20 Å². The second kappa shape index (κ2) is 10.9. The van der Waals surface area contributed by atoms with Gasteiger partial charge in [-0.15, -0.1) is 0 Å². The zero-order valence-electron chi connectivity index (χ0n) is 18.7. The van der Waals surface area contributed by atoms with E-state index in [1.807, 2.05) is 54.6 Å². The molecule has 1 fully saturated rings. The number of nitrogens with one attached hydrogen (secondary N) is 2. The second-order valence-electron chi connectivity index (χ2n) is 8.35. The first-order valence-corrected chi connectivity index (χ1v) is 11.5. The van der Waals surface area contributed by atoms with Gasteiger partial charge in [-0.3, -0.25) is 4.79 Å². The van der Waals surface area contributed by atoms with Crippen molar-refractivity contribution in [2.24, 2.45) is 0 Å². The Kier molecular flexibility index (Phi) is 7.46. The lowest BCUT2D eigenvalue weighted by Crippen LogP contribution is -2.35. The van der Waals surface area contributed by atoms with Gasteiger partial charge in [0.05, 0.1) is 0 Å². The van der Waals surface area contributed by atoms with Crippen molar-refractivity contribution in [1.29, 1.82) is 0 Å². The molecule has 32 heavy (non-hydrogen) atoms. The van der Waals surface area contributed by atoms with Crippen LogP contribution >= 0.6 is 0 Å². The van der Waals surface area contributed by atoms with Gasteiger partial charge in [0.1, 0.15) is 5.82 Å². The highest BCUT2D eigenvalue weighted by atomic mass is 16.1. The molecule has 4 rings (SSSR count). The Hall–Kier alpha value is -3.25. The summed E-state index contributed by atoms with van der Waals surface area (Å²) in [6.07, 6.45) is 6.90. The molecule has 2 aromatic carbocycles. The number of aromatic nitrogens is 2. The fourth-order valence-corrected chi connectivity index (χ4v) is 3.95. The maximum atomic E-state index is 12.6. The molecule has 1 saturated heterocycles. The van der Waals surface area contributed by atoms with Crippen molar-refractivity contribution in [2.45, 2.75) is 32.6 Å². The quantitative estimate of drug-likeness (QED) is 0.564. The molecule has 0 bridgehead atoms. The molecule has 166 valence electrons.